The Morgan fingerprint density at radius 3 is 2.67 bits per heavy atom. The molecule has 1 saturated carbocycles. The van der Waals surface area contributed by atoms with E-state index in [1.54, 1.807) is 0 Å². The first-order chi connectivity index (χ1) is 5.65. The molecule has 0 heterocycles. The van der Waals surface area contributed by atoms with Gasteiger partial charge >= 0.3 is 0 Å². The van der Waals surface area contributed by atoms with Crippen molar-refractivity contribution in [3.05, 3.63) is 0 Å². The van der Waals surface area contributed by atoms with Crippen molar-refractivity contribution in [3.8, 4) is 0 Å². The van der Waals surface area contributed by atoms with Gasteiger partial charge in [-0.15, -0.1) is 0 Å². The van der Waals surface area contributed by atoms with Gasteiger partial charge in [-0.05, 0) is 18.8 Å². The van der Waals surface area contributed by atoms with E-state index in [4.69, 9.17) is 5.73 Å². The summed E-state index contributed by atoms with van der Waals surface area (Å²) in [4.78, 5) is 11.4. The van der Waals surface area contributed by atoms with Gasteiger partial charge in [-0.3, -0.25) is 4.79 Å². The van der Waals surface area contributed by atoms with Crippen LogP contribution in [-0.4, -0.2) is 18.0 Å². The van der Waals surface area contributed by atoms with Crippen LogP contribution in [0, 0.1) is 5.92 Å². The van der Waals surface area contributed by atoms with Gasteiger partial charge in [0.25, 0.3) is 0 Å². The van der Waals surface area contributed by atoms with Crippen LogP contribution >= 0.6 is 0 Å². The van der Waals surface area contributed by atoms with E-state index in [-0.39, 0.29) is 17.9 Å². The number of carbonyl (C=O) groups is 1. The third kappa shape index (κ3) is 2.48. The van der Waals surface area contributed by atoms with Crippen LogP contribution < -0.4 is 11.1 Å². The van der Waals surface area contributed by atoms with Crippen molar-refractivity contribution in [1.29, 1.82) is 0 Å². The fourth-order valence-electron chi connectivity index (χ4n) is 1.04. The minimum Gasteiger partial charge on any atom is -0.352 e. The molecule has 0 radical (unpaired) electrons. The third-order valence-electron chi connectivity index (χ3n) is 2.48. The average molecular weight is 170 g/mol. The summed E-state index contributed by atoms with van der Waals surface area (Å²) in [5.74, 6) is 0.301. The van der Waals surface area contributed by atoms with Gasteiger partial charge < -0.3 is 11.1 Å². The van der Waals surface area contributed by atoms with E-state index in [2.05, 4.69) is 12.2 Å². The number of hydrogen-bond donors (Lipinski definition) is 2. The summed E-state index contributed by atoms with van der Waals surface area (Å²) in [6, 6.07) is 0.100. The van der Waals surface area contributed by atoms with Gasteiger partial charge in [0, 0.05) is 6.04 Å². The molecule has 0 spiro atoms. The Kier molecular flexibility index (Phi) is 3.09. The lowest BCUT2D eigenvalue weighted by atomic mass is 9.99. The molecule has 1 aliphatic rings. The molecule has 3 N–H and O–H groups in total. The maximum absolute atomic E-state index is 11.4. The molecule has 0 saturated heterocycles. The van der Waals surface area contributed by atoms with E-state index in [0.717, 1.165) is 19.3 Å². The Bertz CT molecular complexity index is 166. The number of nitrogens with two attached hydrogens (primary N) is 1. The van der Waals surface area contributed by atoms with E-state index in [1.807, 2.05) is 6.92 Å². The summed E-state index contributed by atoms with van der Waals surface area (Å²) in [6.07, 6.45) is 3.21. The SMILES string of the molecule is CC[C@H](C)[C@H](N)C(=O)NC1CC1. The van der Waals surface area contributed by atoms with Crippen molar-refractivity contribution in [2.45, 2.75) is 45.2 Å². The molecule has 70 valence electrons. The molecule has 0 aromatic rings. The van der Waals surface area contributed by atoms with Crippen LogP contribution in [0.3, 0.4) is 0 Å². The normalized spacial score (nSPS) is 21.6. The summed E-state index contributed by atoms with van der Waals surface area (Å²) in [6.45, 7) is 4.06. The van der Waals surface area contributed by atoms with Gasteiger partial charge in [0.1, 0.15) is 0 Å². The largest absolute Gasteiger partial charge is 0.352 e. The minimum atomic E-state index is -0.324. The molecule has 0 aromatic carbocycles. The Morgan fingerprint density at radius 1 is 1.67 bits per heavy atom. The first kappa shape index (κ1) is 9.52. The summed E-state index contributed by atoms with van der Waals surface area (Å²) >= 11 is 0. The van der Waals surface area contributed by atoms with Crippen LogP contribution in [0.4, 0.5) is 0 Å². The summed E-state index contributed by atoms with van der Waals surface area (Å²) in [7, 11) is 0. The standard InChI is InChI=1S/C9H18N2O/c1-3-6(2)8(10)9(12)11-7-4-5-7/h6-8H,3-5,10H2,1-2H3,(H,11,12)/t6-,8-/m0/s1. The molecular weight excluding hydrogens is 152 g/mol. The van der Waals surface area contributed by atoms with Gasteiger partial charge in [-0.25, -0.2) is 0 Å². The molecule has 1 amide bonds. The second-order valence-electron chi connectivity index (χ2n) is 3.69. The van der Waals surface area contributed by atoms with E-state index in [9.17, 15) is 4.79 Å². The Morgan fingerprint density at radius 2 is 2.25 bits per heavy atom. The van der Waals surface area contributed by atoms with Gasteiger partial charge in [0.15, 0.2) is 0 Å². The zero-order valence-electron chi connectivity index (χ0n) is 7.84. The van der Waals surface area contributed by atoms with Crippen molar-refractivity contribution in [1.82, 2.24) is 5.32 Å². The molecule has 0 aliphatic heterocycles. The average Bonchev–Trinajstić information content (AvgIpc) is 2.85. The third-order valence-corrected chi connectivity index (χ3v) is 2.48. The number of hydrogen-bond acceptors (Lipinski definition) is 2. The van der Waals surface area contributed by atoms with Crippen LogP contribution in [0.15, 0.2) is 0 Å². The molecule has 2 atom stereocenters. The van der Waals surface area contributed by atoms with Crippen molar-refractivity contribution >= 4 is 5.91 Å². The zero-order chi connectivity index (χ0) is 9.14. The molecule has 1 rings (SSSR count). The van der Waals surface area contributed by atoms with Crippen molar-refractivity contribution in [3.63, 3.8) is 0 Å². The molecule has 1 aliphatic carbocycles. The first-order valence-corrected chi connectivity index (χ1v) is 4.71. The van der Waals surface area contributed by atoms with E-state index >= 15 is 0 Å². The maximum Gasteiger partial charge on any atom is 0.237 e. The van der Waals surface area contributed by atoms with Crippen LogP contribution in [-0.2, 0) is 4.79 Å². The molecule has 0 unspecified atom stereocenters. The van der Waals surface area contributed by atoms with Gasteiger partial charge in [-0.2, -0.15) is 0 Å². The van der Waals surface area contributed by atoms with Gasteiger partial charge in [0.2, 0.25) is 5.91 Å². The molecule has 12 heavy (non-hydrogen) atoms. The topological polar surface area (TPSA) is 55.1 Å². The second kappa shape index (κ2) is 3.90. The minimum absolute atomic E-state index is 0.0202. The fraction of sp³-hybridized carbons (Fsp3) is 0.889. The van der Waals surface area contributed by atoms with Gasteiger partial charge in [0.05, 0.1) is 6.04 Å². The number of rotatable bonds is 4. The van der Waals surface area contributed by atoms with E-state index < -0.39 is 0 Å². The summed E-state index contributed by atoms with van der Waals surface area (Å²) < 4.78 is 0. The fourth-order valence-corrected chi connectivity index (χ4v) is 1.04. The zero-order valence-corrected chi connectivity index (χ0v) is 7.84. The molecular formula is C9H18N2O. The Hall–Kier alpha value is -0.570. The monoisotopic (exact) mass is 170 g/mol. The molecule has 0 aromatic heterocycles. The predicted molar refractivity (Wildman–Crippen MR) is 48.6 cm³/mol. The first-order valence-electron chi connectivity index (χ1n) is 4.71. The Balaban J connectivity index is 2.28. The summed E-state index contributed by atoms with van der Waals surface area (Å²) in [5.41, 5.74) is 5.74. The van der Waals surface area contributed by atoms with E-state index in [1.165, 1.54) is 0 Å². The van der Waals surface area contributed by atoms with Crippen molar-refractivity contribution in [2.75, 3.05) is 0 Å². The van der Waals surface area contributed by atoms with Crippen molar-refractivity contribution in [2.24, 2.45) is 11.7 Å². The number of nitrogens with one attached hydrogen (secondary N) is 1. The highest BCUT2D eigenvalue weighted by Gasteiger charge is 2.27. The lowest BCUT2D eigenvalue weighted by Gasteiger charge is -2.17. The molecule has 3 nitrogen and oxygen atoms in total. The maximum atomic E-state index is 11.4. The Labute approximate surface area is 73.7 Å². The van der Waals surface area contributed by atoms with Crippen molar-refractivity contribution < 1.29 is 4.79 Å². The quantitative estimate of drug-likeness (QED) is 0.650. The van der Waals surface area contributed by atoms with Crippen LogP contribution in [0.2, 0.25) is 0 Å². The smallest absolute Gasteiger partial charge is 0.237 e. The number of amides is 1. The molecule has 0 bridgehead atoms. The lowest BCUT2D eigenvalue weighted by Crippen LogP contribution is -2.45. The number of carbonyl (C=O) groups excluding carboxylic acids is 1. The van der Waals surface area contributed by atoms with E-state index in [0.29, 0.717) is 6.04 Å². The van der Waals surface area contributed by atoms with Crippen LogP contribution in [0.5, 0.6) is 0 Å². The highest BCUT2D eigenvalue weighted by atomic mass is 16.2. The molecule has 3 heteroatoms. The highest BCUT2D eigenvalue weighted by molar-refractivity contribution is 5.82. The van der Waals surface area contributed by atoms with Crippen LogP contribution in [0.1, 0.15) is 33.1 Å². The second-order valence-corrected chi connectivity index (χ2v) is 3.69. The lowest BCUT2D eigenvalue weighted by molar-refractivity contribution is -0.123. The molecule has 1 fully saturated rings. The van der Waals surface area contributed by atoms with Crippen LogP contribution in [0.25, 0.3) is 0 Å². The predicted octanol–water partition coefficient (Wildman–Crippen LogP) is 0.638. The summed E-state index contributed by atoms with van der Waals surface area (Å²) in [5, 5.41) is 2.90. The van der Waals surface area contributed by atoms with Gasteiger partial charge in [-0.1, -0.05) is 20.3 Å². The highest BCUT2D eigenvalue weighted by Crippen LogP contribution is 2.19.